The molecule has 0 saturated heterocycles. The van der Waals surface area contributed by atoms with Crippen molar-refractivity contribution in [2.75, 3.05) is 13.1 Å². The summed E-state index contributed by atoms with van der Waals surface area (Å²) in [6.07, 6.45) is 7.23. The second-order valence-electron chi connectivity index (χ2n) is 5.85. The van der Waals surface area contributed by atoms with Gasteiger partial charge in [-0.1, -0.05) is 6.42 Å². The van der Waals surface area contributed by atoms with Gasteiger partial charge in [0.1, 0.15) is 5.82 Å². The maximum Gasteiger partial charge on any atom is 0.234 e. The highest BCUT2D eigenvalue weighted by atomic mass is 35.5. The number of carbonyl (C=O) groups is 1. The van der Waals surface area contributed by atoms with Crippen molar-refractivity contribution in [2.45, 2.75) is 51.6 Å². The number of halogens is 2. The van der Waals surface area contributed by atoms with Gasteiger partial charge in [-0.3, -0.25) is 4.79 Å². The summed E-state index contributed by atoms with van der Waals surface area (Å²) >= 11 is 0. The molecule has 0 atom stereocenters. The molecule has 0 bridgehead atoms. The predicted octanol–water partition coefficient (Wildman–Crippen LogP) is 1.46. The van der Waals surface area contributed by atoms with Crippen LogP contribution in [0.1, 0.15) is 43.8 Å². The monoisotopic (exact) mass is 349 g/mol. The quantitative estimate of drug-likeness (QED) is 0.815. The zero-order valence-electron chi connectivity index (χ0n) is 12.7. The Bertz CT molecular complexity index is 476. The number of nitrogens with zero attached hydrogens (tertiary/aromatic N) is 3. The van der Waals surface area contributed by atoms with Crippen molar-refractivity contribution in [3.05, 3.63) is 11.6 Å². The Morgan fingerprint density at radius 3 is 2.77 bits per heavy atom. The van der Waals surface area contributed by atoms with E-state index in [1.54, 1.807) is 0 Å². The fourth-order valence-corrected chi connectivity index (χ4v) is 2.63. The molecule has 3 rings (SSSR count). The van der Waals surface area contributed by atoms with Crippen molar-refractivity contribution in [2.24, 2.45) is 5.92 Å². The number of hydrogen-bond donors (Lipinski definition) is 2. The van der Waals surface area contributed by atoms with Gasteiger partial charge in [0.2, 0.25) is 5.91 Å². The Hall–Kier alpha value is -0.850. The molecule has 1 amide bonds. The van der Waals surface area contributed by atoms with Crippen LogP contribution in [0.3, 0.4) is 0 Å². The lowest BCUT2D eigenvalue weighted by molar-refractivity contribution is -0.120. The van der Waals surface area contributed by atoms with Crippen LogP contribution in [0.15, 0.2) is 0 Å². The molecule has 8 heteroatoms. The highest BCUT2D eigenvalue weighted by Crippen LogP contribution is 2.27. The summed E-state index contributed by atoms with van der Waals surface area (Å²) in [6, 6.07) is 0. The smallest absolute Gasteiger partial charge is 0.234 e. The standard InChI is InChI=1S/C14H23N5O.2ClH/c20-14(10-15-8-11-5-6-11)16-9-13-18-17-12-4-2-1-3-7-19(12)13;;/h11,15H,1-10H2,(H,16,20);2*1H. The van der Waals surface area contributed by atoms with Crippen LogP contribution in [0.5, 0.6) is 0 Å². The lowest BCUT2D eigenvalue weighted by atomic mass is 10.2. The Balaban J connectivity index is 0.00000121. The second-order valence-corrected chi connectivity index (χ2v) is 5.85. The van der Waals surface area contributed by atoms with Crippen molar-refractivity contribution in [3.8, 4) is 0 Å². The molecule has 2 aliphatic rings. The highest BCUT2D eigenvalue weighted by molar-refractivity contribution is 5.85. The first-order valence-electron chi connectivity index (χ1n) is 7.71. The first-order chi connectivity index (χ1) is 9.83. The van der Waals surface area contributed by atoms with Gasteiger partial charge in [-0.05, 0) is 38.1 Å². The van der Waals surface area contributed by atoms with Gasteiger partial charge in [-0.25, -0.2) is 0 Å². The molecule has 0 radical (unpaired) electrons. The van der Waals surface area contributed by atoms with E-state index < -0.39 is 0 Å². The van der Waals surface area contributed by atoms with Crippen molar-refractivity contribution in [1.82, 2.24) is 25.4 Å². The molecule has 1 fully saturated rings. The van der Waals surface area contributed by atoms with E-state index in [-0.39, 0.29) is 30.7 Å². The summed E-state index contributed by atoms with van der Waals surface area (Å²) in [5.74, 6) is 2.79. The maximum absolute atomic E-state index is 11.7. The van der Waals surface area contributed by atoms with Crippen LogP contribution in [-0.4, -0.2) is 33.8 Å². The molecule has 22 heavy (non-hydrogen) atoms. The number of amides is 1. The predicted molar refractivity (Wildman–Crippen MR) is 89.5 cm³/mol. The summed E-state index contributed by atoms with van der Waals surface area (Å²) in [7, 11) is 0. The normalized spacial score (nSPS) is 16.7. The van der Waals surface area contributed by atoms with Gasteiger partial charge in [-0.15, -0.1) is 35.0 Å². The molecule has 1 aliphatic carbocycles. The summed E-state index contributed by atoms with van der Waals surface area (Å²) in [6.45, 7) is 2.83. The summed E-state index contributed by atoms with van der Waals surface area (Å²) in [5, 5.41) is 14.6. The number of rotatable bonds is 6. The molecule has 0 spiro atoms. The Morgan fingerprint density at radius 2 is 2.00 bits per heavy atom. The van der Waals surface area contributed by atoms with E-state index in [1.807, 2.05) is 0 Å². The van der Waals surface area contributed by atoms with Gasteiger partial charge in [0.15, 0.2) is 5.82 Å². The molecule has 2 heterocycles. The zero-order valence-corrected chi connectivity index (χ0v) is 14.3. The SMILES string of the molecule is Cl.Cl.O=C(CNCC1CC1)NCc1nnc2n1CCCCC2. The minimum atomic E-state index is 0. The van der Waals surface area contributed by atoms with Crippen LogP contribution in [0.4, 0.5) is 0 Å². The fraction of sp³-hybridized carbons (Fsp3) is 0.786. The fourth-order valence-electron chi connectivity index (χ4n) is 2.63. The molecule has 1 saturated carbocycles. The van der Waals surface area contributed by atoms with Crippen molar-refractivity contribution in [3.63, 3.8) is 0 Å². The van der Waals surface area contributed by atoms with Gasteiger partial charge < -0.3 is 15.2 Å². The molecular formula is C14H25Cl2N5O. The number of aromatic nitrogens is 3. The number of carbonyl (C=O) groups excluding carboxylic acids is 1. The van der Waals surface area contributed by atoms with E-state index in [1.165, 1.54) is 32.1 Å². The van der Waals surface area contributed by atoms with Crippen LogP contribution >= 0.6 is 24.8 Å². The summed E-state index contributed by atoms with van der Waals surface area (Å²) in [4.78, 5) is 11.7. The number of aryl methyl sites for hydroxylation is 1. The van der Waals surface area contributed by atoms with Gasteiger partial charge in [0.05, 0.1) is 13.1 Å². The first kappa shape index (κ1) is 19.2. The molecule has 126 valence electrons. The van der Waals surface area contributed by atoms with Crippen LogP contribution in [0, 0.1) is 5.92 Å². The van der Waals surface area contributed by atoms with E-state index in [4.69, 9.17) is 0 Å². The molecule has 0 unspecified atom stereocenters. The molecule has 1 aromatic heterocycles. The van der Waals surface area contributed by atoms with Crippen molar-refractivity contribution in [1.29, 1.82) is 0 Å². The Kier molecular flexibility index (Phi) is 8.14. The Labute approximate surface area is 143 Å². The van der Waals surface area contributed by atoms with Gasteiger partial charge in [0, 0.05) is 13.0 Å². The summed E-state index contributed by atoms with van der Waals surface area (Å²) in [5.41, 5.74) is 0. The third-order valence-electron chi connectivity index (χ3n) is 4.05. The molecule has 6 nitrogen and oxygen atoms in total. The van der Waals surface area contributed by atoms with E-state index >= 15 is 0 Å². The molecular weight excluding hydrogens is 325 g/mol. The van der Waals surface area contributed by atoms with Gasteiger partial charge >= 0.3 is 0 Å². The average molecular weight is 350 g/mol. The minimum Gasteiger partial charge on any atom is -0.348 e. The lowest BCUT2D eigenvalue weighted by Gasteiger charge is -2.08. The second kappa shape index (κ2) is 9.33. The minimum absolute atomic E-state index is 0. The van der Waals surface area contributed by atoms with Crippen LogP contribution < -0.4 is 10.6 Å². The van der Waals surface area contributed by atoms with Crippen LogP contribution in [0.25, 0.3) is 0 Å². The first-order valence-corrected chi connectivity index (χ1v) is 7.71. The van der Waals surface area contributed by atoms with E-state index in [2.05, 4.69) is 25.4 Å². The molecule has 1 aliphatic heterocycles. The maximum atomic E-state index is 11.7. The zero-order chi connectivity index (χ0) is 13.8. The van der Waals surface area contributed by atoms with Gasteiger partial charge in [0.25, 0.3) is 0 Å². The molecule has 1 aromatic rings. The number of hydrogen-bond acceptors (Lipinski definition) is 4. The largest absolute Gasteiger partial charge is 0.348 e. The van der Waals surface area contributed by atoms with Gasteiger partial charge in [-0.2, -0.15) is 0 Å². The number of nitrogens with one attached hydrogen (secondary N) is 2. The van der Waals surface area contributed by atoms with Crippen molar-refractivity contribution < 1.29 is 4.79 Å². The highest BCUT2D eigenvalue weighted by Gasteiger charge is 2.20. The van der Waals surface area contributed by atoms with E-state index in [0.29, 0.717) is 13.1 Å². The average Bonchev–Trinajstić information content (AvgIpc) is 3.22. The van der Waals surface area contributed by atoms with Crippen LogP contribution in [0.2, 0.25) is 0 Å². The Morgan fingerprint density at radius 1 is 1.18 bits per heavy atom. The third kappa shape index (κ3) is 5.41. The number of fused-ring (bicyclic) bond motifs is 1. The third-order valence-corrected chi connectivity index (χ3v) is 4.05. The summed E-state index contributed by atoms with van der Waals surface area (Å²) < 4.78 is 2.17. The lowest BCUT2D eigenvalue weighted by Crippen LogP contribution is -2.35. The van der Waals surface area contributed by atoms with E-state index in [9.17, 15) is 4.79 Å². The molecule has 0 aromatic carbocycles. The van der Waals surface area contributed by atoms with Crippen LogP contribution in [-0.2, 0) is 24.3 Å². The van der Waals surface area contributed by atoms with Crippen molar-refractivity contribution >= 4 is 30.7 Å². The molecule has 2 N–H and O–H groups in total. The topological polar surface area (TPSA) is 71.8 Å². The van der Waals surface area contributed by atoms with E-state index in [0.717, 1.165) is 37.1 Å².